The lowest BCUT2D eigenvalue weighted by Crippen LogP contribution is -2.06. The quantitative estimate of drug-likeness (QED) is 0.726. The third-order valence-electron chi connectivity index (χ3n) is 2.32. The molecule has 4 nitrogen and oxygen atoms in total. The van der Waals surface area contributed by atoms with Crippen molar-refractivity contribution < 1.29 is 9.90 Å². The van der Waals surface area contributed by atoms with Crippen LogP contribution in [0.25, 0.3) is 0 Å². The van der Waals surface area contributed by atoms with Gasteiger partial charge in [0.05, 0.1) is 11.9 Å². The average molecular weight is 190 g/mol. The molecule has 1 N–H and O–H groups in total. The van der Waals surface area contributed by atoms with Gasteiger partial charge in [-0.15, -0.1) is 6.42 Å². The van der Waals surface area contributed by atoms with E-state index >= 15 is 0 Å². The molecule has 0 spiro atoms. The monoisotopic (exact) mass is 190 g/mol. The molecule has 1 aliphatic carbocycles. The summed E-state index contributed by atoms with van der Waals surface area (Å²) in [4.78, 5) is 10.9. The smallest absolute Gasteiger partial charge is 0.339 e. The second kappa shape index (κ2) is 3.18. The number of hydrogen-bond acceptors (Lipinski definition) is 2. The van der Waals surface area contributed by atoms with Crippen LogP contribution in [0.5, 0.6) is 0 Å². The second-order valence-corrected chi connectivity index (χ2v) is 3.38. The maximum Gasteiger partial charge on any atom is 0.339 e. The average Bonchev–Trinajstić information content (AvgIpc) is 2.88. The van der Waals surface area contributed by atoms with Crippen molar-refractivity contribution in [2.45, 2.75) is 25.3 Å². The molecule has 2 rings (SSSR count). The van der Waals surface area contributed by atoms with E-state index in [1.165, 1.54) is 6.20 Å². The zero-order valence-corrected chi connectivity index (χ0v) is 7.60. The maximum absolute atomic E-state index is 10.9. The van der Waals surface area contributed by atoms with Crippen LogP contribution < -0.4 is 0 Å². The number of rotatable bonds is 3. The van der Waals surface area contributed by atoms with E-state index in [4.69, 9.17) is 11.5 Å². The molecule has 0 aromatic carbocycles. The van der Waals surface area contributed by atoms with Crippen LogP contribution in [0.3, 0.4) is 0 Å². The summed E-state index contributed by atoms with van der Waals surface area (Å²) in [5.74, 6) is 1.89. The van der Waals surface area contributed by atoms with Crippen LogP contribution in [0.15, 0.2) is 6.20 Å². The van der Waals surface area contributed by atoms with Crippen LogP contribution in [0.2, 0.25) is 0 Å². The van der Waals surface area contributed by atoms with Gasteiger partial charge < -0.3 is 5.11 Å². The van der Waals surface area contributed by atoms with E-state index in [0.29, 0.717) is 18.0 Å². The topological polar surface area (TPSA) is 55.1 Å². The van der Waals surface area contributed by atoms with Crippen molar-refractivity contribution in [2.24, 2.45) is 0 Å². The van der Waals surface area contributed by atoms with Crippen molar-refractivity contribution in [3.63, 3.8) is 0 Å². The molecule has 14 heavy (non-hydrogen) atoms. The van der Waals surface area contributed by atoms with E-state index in [9.17, 15) is 4.79 Å². The molecule has 0 aliphatic heterocycles. The van der Waals surface area contributed by atoms with Crippen molar-refractivity contribution >= 4 is 5.97 Å². The first-order chi connectivity index (χ1) is 6.74. The molecule has 1 fully saturated rings. The summed E-state index contributed by atoms with van der Waals surface area (Å²) in [6.07, 6.45) is 8.64. The Morgan fingerprint density at radius 2 is 2.50 bits per heavy atom. The number of terminal acetylenes is 1. The molecule has 72 valence electrons. The van der Waals surface area contributed by atoms with Crippen LogP contribution in [-0.4, -0.2) is 20.9 Å². The summed E-state index contributed by atoms with van der Waals surface area (Å²) in [6.45, 7) is 0.346. The van der Waals surface area contributed by atoms with Crippen molar-refractivity contribution in [1.82, 2.24) is 9.78 Å². The number of carboxylic acid groups (broad SMARTS) is 1. The molecule has 0 amide bonds. The lowest BCUT2D eigenvalue weighted by molar-refractivity contribution is 0.0695. The van der Waals surface area contributed by atoms with E-state index in [0.717, 1.165) is 18.5 Å². The molecule has 1 aromatic rings. The first kappa shape index (κ1) is 8.82. The fourth-order valence-corrected chi connectivity index (χ4v) is 1.56. The number of carbonyl (C=O) groups is 1. The molecular formula is C10H10N2O2. The lowest BCUT2D eigenvalue weighted by Gasteiger charge is -2.02. The third kappa shape index (κ3) is 1.37. The highest BCUT2D eigenvalue weighted by molar-refractivity contribution is 5.89. The molecule has 1 aromatic heterocycles. The van der Waals surface area contributed by atoms with Crippen LogP contribution >= 0.6 is 0 Å². The van der Waals surface area contributed by atoms with Gasteiger partial charge in [-0.05, 0) is 12.8 Å². The lowest BCUT2D eigenvalue weighted by atomic mass is 10.2. The van der Waals surface area contributed by atoms with E-state index in [1.54, 1.807) is 4.68 Å². The van der Waals surface area contributed by atoms with Crippen molar-refractivity contribution in [1.29, 1.82) is 0 Å². The first-order valence-electron chi connectivity index (χ1n) is 4.46. The number of aromatic nitrogens is 2. The van der Waals surface area contributed by atoms with Crippen LogP contribution in [0.4, 0.5) is 0 Å². The van der Waals surface area contributed by atoms with Gasteiger partial charge in [-0.25, -0.2) is 4.79 Å². The van der Waals surface area contributed by atoms with Crippen LogP contribution in [-0.2, 0) is 6.54 Å². The Morgan fingerprint density at radius 1 is 1.79 bits per heavy atom. The summed E-state index contributed by atoms with van der Waals surface area (Å²) in [6, 6.07) is 0. The number of nitrogens with zero attached hydrogens (tertiary/aromatic N) is 2. The molecule has 1 aliphatic rings. The highest BCUT2D eigenvalue weighted by atomic mass is 16.4. The molecule has 1 saturated carbocycles. The Bertz CT molecular complexity index is 410. The molecule has 0 saturated heterocycles. The minimum atomic E-state index is -0.921. The minimum absolute atomic E-state index is 0.294. The molecule has 0 atom stereocenters. The normalized spacial score (nSPS) is 15.1. The summed E-state index contributed by atoms with van der Waals surface area (Å²) in [7, 11) is 0. The Hall–Kier alpha value is -1.76. The summed E-state index contributed by atoms with van der Waals surface area (Å²) in [5.41, 5.74) is 1.08. The molecule has 0 unspecified atom stereocenters. The van der Waals surface area contributed by atoms with Gasteiger partial charge in [-0.2, -0.15) is 5.10 Å². The fraction of sp³-hybridized carbons (Fsp3) is 0.400. The number of aromatic carboxylic acids is 1. The van der Waals surface area contributed by atoms with E-state index < -0.39 is 5.97 Å². The van der Waals surface area contributed by atoms with Gasteiger partial charge in [-0.1, -0.05) is 5.92 Å². The van der Waals surface area contributed by atoms with Gasteiger partial charge in [0.2, 0.25) is 0 Å². The summed E-state index contributed by atoms with van der Waals surface area (Å²) in [5, 5.41) is 12.9. The second-order valence-electron chi connectivity index (χ2n) is 3.38. The molecule has 0 bridgehead atoms. The molecule has 4 heteroatoms. The Balaban J connectivity index is 2.42. The largest absolute Gasteiger partial charge is 0.478 e. The van der Waals surface area contributed by atoms with Crippen LogP contribution in [0.1, 0.15) is 34.8 Å². The molecule has 1 heterocycles. The molecule has 0 radical (unpaired) electrons. The Kier molecular flexibility index (Phi) is 2.01. The van der Waals surface area contributed by atoms with E-state index in [2.05, 4.69) is 11.0 Å². The van der Waals surface area contributed by atoms with Crippen LogP contribution in [0, 0.1) is 12.3 Å². The predicted molar refractivity (Wildman–Crippen MR) is 50.0 cm³/mol. The number of carboxylic acids is 1. The Morgan fingerprint density at radius 3 is 3.00 bits per heavy atom. The highest BCUT2D eigenvalue weighted by Crippen LogP contribution is 2.41. The maximum atomic E-state index is 10.9. The first-order valence-corrected chi connectivity index (χ1v) is 4.46. The van der Waals surface area contributed by atoms with Gasteiger partial charge in [0, 0.05) is 5.92 Å². The zero-order chi connectivity index (χ0) is 10.1. The minimum Gasteiger partial charge on any atom is -0.478 e. The van der Waals surface area contributed by atoms with Crippen molar-refractivity contribution in [3.8, 4) is 12.3 Å². The van der Waals surface area contributed by atoms with E-state index in [1.807, 2.05) is 0 Å². The zero-order valence-electron chi connectivity index (χ0n) is 7.60. The van der Waals surface area contributed by atoms with Gasteiger partial charge >= 0.3 is 5.97 Å². The van der Waals surface area contributed by atoms with Gasteiger partial charge in [0.1, 0.15) is 12.1 Å². The van der Waals surface area contributed by atoms with Gasteiger partial charge in [0.15, 0.2) is 0 Å². The van der Waals surface area contributed by atoms with Gasteiger partial charge in [-0.3, -0.25) is 4.68 Å². The van der Waals surface area contributed by atoms with Gasteiger partial charge in [0.25, 0.3) is 0 Å². The standard InChI is InChI=1S/C10H10N2O2/c1-2-5-12-9(7-3-4-7)8(6-11-12)10(13)14/h1,6-7H,3-5H2,(H,13,14). The highest BCUT2D eigenvalue weighted by Gasteiger charge is 2.32. The van der Waals surface area contributed by atoms with Crippen molar-refractivity contribution in [2.75, 3.05) is 0 Å². The third-order valence-corrected chi connectivity index (χ3v) is 2.32. The SMILES string of the molecule is C#CCn1ncc(C(=O)O)c1C1CC1. The summed E-state index contributed by atoms with van der Waals surface area (Å²) >= 11 is 0. The van der Waals surface area contributed by atoms with Crippen molar-refractivity contribution in [3.05, 3.63) is 17.5 Å². The van der Waals surface area contributed by atoms with E-state index in [-0.39, 0.29) is 0 Å². The predicted octanol–water partition coefficient (Wildman–Crippen LogP) is 1.09. The Labute approximate surface area is 81.5 Å². The summed E-state index contributed by atoms with van der Waals surface area (Å²) < 4.78 is 1.61. The fourth-order valence-electron chi connectivity index (χ4n) is 1.56. The molecular weight excluding hydrogens is 180 g/mol. The number of hydrogen-bond donors (Lipinski definition) is 1.